The number of ether oxygens (including phenoxy) is 1. The molecular formula is C24H24F3N5O3S. The molecule has 0 bridgehead atoms. The lowest BCUT2D eigenvalue weighted by atomic mass is 10.2. The van der Waals surface area contributed by atoms with E-state index in [0.29, 0.717) is 5.03 Å². The van der Waals surface area contributed by atoms with Crippen LogP contribution in [-0.4, -0.2) is 40.7 Å². The number of nitrogens with zero attached hydrogens (tertiary/aromatic N) is 2. The number of thioether (sulfide) groups is 1. The molecule has 0 aliphatic heterocycles. The van der Waals surface area contributed by atoms with E-state index in [1.165, 1.54) is 30.1 Å². The number of benzene rings is 1. The van der Waals surface area contributed by atoms with E-state index in [9.17, 15) is 22.8 Å². The predicted octanol–water partition coefficient (Wildman–Crippen LogP) is 4.53. The van der Waals surface area contributed by atoms with E-state index in [1.807, 2.05) is 13.8 Å². The fourth-order valence-corrected chi connectivity index (χ4v) is 4.04. The van der Waals surface area contributed by atoms with Gasteiger partial charge in [-0.2, -0.15) is 0 Å². The highest BCUT2D eigenvalue weighted by Crippen LogP contribution is 2.34. The molecule has 36 heavy (non-hydrogen) atoms. The van der Waals surface area contributed by atoms with Crippen molar-refractivity contribution in [2.75, 3.05) is 11.9 Å². The number of anilines is 1. The van der Waals surface area contributed by atoms with Crippen LogP contribution in [0, 0.1) is 0 Å². The molecule has 0 fully saturated rings. The molecule has 12 heteroatoms. The van der Waals surface area contributed by atoms with E-state index in [4.69, 9.17) is 0 Å². The Hall–Kier alpha value is -3.64. The number of carbonyl (C=O) groups is 2. The predicted molar refractivity (Wildman–Crippen MR) is 129 cm³/mol. The van der Waals surface area contributed by atoms with Crippen LogP contribution in [0.25, 0.3) is 0 Å². The molecule has 0 saturated heterocycles. The first kappa shape index (κ1) is 27.0. The van der Waals surface area contributed by atoms with Crippen molar-refractivity contribution in [3.63, 3.8) is 0 Å². The summed E-state index contributed by atoms with van der Waals surface area (Å²) in [7, 11) is 0. The number of hydrogen-bond donors (Lipinski definition) is 3. The third-order valence-electron chi connectivity index (χ3n) is 4.56. The van der Waals surface area contributed by atoms with Crippen molar-refractivity contribution in [1.29, 1.82) is 0 Å². The second-order valence-corrected chi connectivity index (χ2v) is 8.86. The van der Waals surface area contributed by atoms with Crippen molar-refractivity contribution in [2.24, 2.45) is 0 Å². The Morgan fingerprint density at radius 1 is 1.03 bits per heavy atom. The summed E-state index contributed by atoms with van der Waals surface area (Å²) in [5.41, 5.74) is 1.25. The Kier molecular flexibility index (Phi) is 9.25. The lowest BCUT2D eigenvalue weighted by molar-refractivity contribution is -0.274. The molecular weight excluding hydrogens is 495 g/mol. The second-order valence-electron chi connectivity index (χ2n) is 7.76. The highest BCUT2D eigenvalue weighted by molar-refractivity contribution is 7.99. The summed E-state index contributed by atoms with van der Waals surface area (Å²) < 4.78 is 40.9. The monoisotopic (exact) mass is 519 g/mol. The Morgan fingerprint density at radius 3 is 2.36 bits per heavy atom. The minimum Gasteiger partial charge on any atom is -0.406 e. The molecule has 2 aromatic heterocycles. The summed E-state index contributed by atoms with van der Waals surface area (Å²) in [6.07, 6.45) is -0.0917. The Balaban J connectivity index is 1.76. The molecule has 3 N–H and O–H groups in total. The smallest absolute Gasteiger partial charge is 0.406 e. The molecule has 3 rings (SSSR count). The van der Waals surface area contributed by atoms with Gasteiger partial charge in [0.25, 0.3) is 5.91 Å². The van der Waals surface area contributed by atoms with Gasteiger partial charge in [0.1, 0.15) is 16.1 Å². The average Bonchev–Trinajstić information content (AvgIpc) is 2.83. The molecule has 8 nitrogen and oxygen atoms in total. The van der Waals surface area contributed by atoms with E-state index in [0.717, 1.165) is 17.7 Å². The molecule has 2 heterocycles. The molecule has 0 radical (unpaired) electrons. The van der Waals surface area contributed by atoms with E-state index < -0.39 is 23.4 Å². The van der Waals surface area contributed by atoms with Gasteiger partial charge in [0.2, 0.25) is 5.91 Å². The van der Waals surface area contributed by atoms with Crippen LogP contribution >= 0.6 is 11.8 Å². The minimum absolute atomic E-state index is 0.115. The van der Waals surface area contributed by atoms with Crippen molar-refractivity contribution in [3.05, 3.63) is 78.2 Å². The number of aromatic nitrogens is 2. The number of carbonyl (C=O) groups excluding carboxylic acids is 2. The van der Waals surface area contributed by atoms with Gasteiger partial charge in [-0.3, -0.25) is 14.6 Å². The van der Waals surface area contributed by atoms with Gasteiger partial charge >= 0.3 is 6.36 Å². The fourth-order valence-electron chi connectivity index (χ4n) is 2.92. The second kappa shape index (κ2) is 12.4. The van der Waals surface area contributed by atoms with E-state index in [-0.39, 0.29) is 29.7 Å². The van der Waals surface area contributed by atoms with Crippen molar-refractivity contribution in [1.82, 2.24) is 20.6 Å². The zero-order chi connectivity index (χ0) is 26.1. The minimum atomic E-state index is -4.81. The number of hydrogen-bond acceptors (Lipinski definition) is 7. The summed E-state index contributed by atoms with van der Waals surface area (Å²) in [4.78, 5) is 33.8. The lowest BCUT2D eigenvalue weighted by Gasteiger charge is -2.20. The maximum atomic E-state index is 13.0. The first-order valence-corrected chi connectivity index (χ1v) is 11.7. The number of alkyl halides is 3. The summed E-state index contributed by atoms with van der Waals surface area (Å²) in [5, 5.41) is 8.42. The first-order chi connectivity index (χ1) is 17.1. The van der Waals surface area contributed by atoms with Crippen LogP contribution in [0.2, 0.25) is 0 Å². The topological polar surface area (TPSA) is 105 Å². The van der Waals surface area contributed by atoms with E-state index >= 15 is 0 Å². The number of rotatable bonds is 10. The summed E-state index contributed by atoms with van der Waals surface area (Å²) in [6, 6.07) is 11.6. The quantitative estimate of drug-likeness (QED) is 0.267. The number of halogens is 3. The third-order valence-corrected chi connectivity index (χ3v) is 5.74. The SMILES string of the molecule is CC(C)NCC(=O)NC(Sc1ncccc1C(=O)Nc1ccc(OC(F)(F)F)cc1)c1ccncc1. The van der Waals surface area contributed by atoms with Gasteiger partial charge in [-0.05, 0) is 54.1 Å². The Bertz CT molecular complexity index is 1160. The van der Waals surface area contributed by atoms with Crippen LogP contribution in [0.15, 0.2) is 72.1 Å². The van der Waals surface area contributed by atoms with Crippen LogP contribution in [0.1, 0.15) is 35.1 Å². The summed E-state index contributed by atoms with van der Waals surface area (Å²) >= 11 is 1.17. The fraction of sp³-hybridized carbons (Fsp3) is 0.250. The first-order valence-electron chi connectivity index (χ1n) is 10.8. The van der Waals surface area contributed by atoms with Crippen LogP contribution in [0.5, 0.6) is 5.75 Å². The van der Waals surface area contributed by atoms with Gasteiger partial charge in [0.15, 0.2) is 0 Å². The van der Waals surface area contributed by atoms with E-state index in [1.54, 1.807) is 36.7 Å². The van der Waals surface area contributed by atoms with Gasteiger partial charge < -0.3 is 20.7 Å². The molecule has 0 spiro atoms. The van der Waals surface area contributed by atoms with Crippen molar-refractivity contribution >= 4 is 29.3 Å². The Labute approximate surface area is 210 Å². The van der Waals surface area contributed by atoms with Gasteiger partial charge in [-0.1, -0.05) is 25.6 Å². The van der Waals surface area contributed by atoms with Crippen LogP contribution in [0.3, 0.4) is 0 Å². The number of pyridine rings is 2. The van der Waals surface area contributed by atoms with Crippen molar-refractivity contribution < 1.29 is 27.5 Å². The standard InChI is InChI=1S/C24H24F3N5O3S/c1-15(2)30-14-20(33)32-22(16-9-12-28-13-10-16)36-23-19(4-3-11-29-23)21(34)31-17-5-7-18(8-6-17)35-24(25,26)27/h3-13,15,22,30H,14H2,1-2H3,(H,31,34)(H,32,33). The van der Waals surface area contributed by atoms with Gasteiger partial charge in [-0.25, -0.2) is 4.98 Å². The van der Waals surface area contributed by atoms with Crippen molar-refractivity contribution in [2.45, 2.75) is 36.7 Å². The third kappa shape index (κ3) is 8.54. The Morgan fingerprint density at radius 2 is 1.72 bits per heavy atom. The maximum absolute atomic E-state index is 13.0. The normalized spacial score (nSPS) is 12.2. The van der Waals surface area contributed by atoms with Gasteiger partial charge in [-0.15, -0.1) is 13.2 Å². The molecule has 1 atom stereocenters. The zero-order valence-corrected chi connectivity index (χ0v) is 20.2. The highest BCUT2D eigenvalue weighted by Gasteiger charge is 2.31. The van der Waals surface area contributed by atoms with Crippen LogP contribution < -0.4 is 20.7 Å². The van der Waals surface area contributed by atoms with Gasteiger partial charge in [0.05, 0.1) is 12.1 Å². The average molecular weight is 520 g/mol. The highest BCUT2D eigenvalue weighted by atomic mass is 32.2. The molecule has 1 unspecified atom stereocenters. The molecule has 3 aromatic rings. The molecule has 0 saturated carbocycles. The number of amides is 2. The molecule has 2 amide bonds. The summed E-state index contributed by atoms with van der Waals surface area (Å²) in [6.45, 7) is 3.97. The van der Waals surface area contributed by atoms with Crippen LogP contribution in [0.4, 0.5) is 18.9 Å². The molecule has 1 aromatic carbocycles. The number of nitrogens with one attached hydrogen (secondary N) is 3. The van der Waals surface area contributed by atoms with Crippen LogP contribution in [-0.2, 0) is 4.79 Å². The van der Waals surface area contributed by atoms with Crippen molar-refractivity contribution in [3.8, 4) is 5.75 Å². The zero-order valence-electron chi connectivity index (χ0n) is 19.4. The molecule has 0 aliphatic rings. The van der Waals surface area contributed by atoms with Gasteiger partial charge in [0, 0.05) is 30.3 Å². The summed E-state index contributed by atoms with van der Waals surface area (Å²) in [5.74, 6) is -1.15. The van der Waals surface area contributed by atoms with E-state index in [2.05, 4.69) is 30.7 Å². The maximum Gasteiger partial charge on any atom is 0.573 e. The molecule has 0 aliphatic carbocycles. The molecule has 190 valence electrons. The largest absolute Gasteiger partial charge is 0.573 e. The lowest BCUT2D eigenvalue weighted by Crippen LogP contribution is -2.38.